The highest BCUT2D eigenvalue weighted by atomic mass is 32.1. The third-order valence-electron chi connectivity index (χ3n) is 4.33. The Hall–Kier alpha value is -2.25. The maximum Gasteiger partial charge on any atom is 0.469 e. The van der Waals surface area contributed by atoms with Crippen LogP contribution >= 0.6 is 19.2 Å². The van der Waals surface area contributed by atoms with Crippen LogP contribution in [0.5, 0.6) is 23.0 Å². The fourth-order valence-electron chi connectivity index (χ4n) is 2.67. The summed E-state index contributed by atoms with van der Waals surface area (Å²) in [6.45, 7) is 1.64. The maximum absolute atomic E-state index is 10.8. The van der Waals surface area contributed by atoms with Crippen molar-refractivity contribution in [3.05, 3.63) is 34.0 Å². The zero-order valence-electron chi connectivity index (χ0n) is 18.4. The largest absolute Gasteiger partial charge is 0.493 e. The zero-order chi connectivity index (χ0) is 23.8. The van der Waals surface area contributed by atoms with Crippen molar-refractivity contribution in [1.82, 2.24) is 0 Å². The van der Waals surface area contributed by atoms with Crippen LogP contribution in [0.15, 0.2) is 24.3 Å². The molecule has 0 amide bonds. The molecule has 1 atom stereocenters. The van der Waals surface area contributed by atoms with Crippen molar-refractivity contribution in [2.75, 3.05) is 34.5 Å². The molecule has 1 aromatic heterocycles. The fourth-order valence-corrected chi connectivity index (χ4v) is 4.02. The molecule has 9 nitrogen and oxygen atoms in total. The Morgan fingerprint density at radius 1 is 1.12 bits per heavy atom. The van der Waals surface area contributed by atoms with E-state index >= 15 is 0 Å². The molecular formula is C21H28NO8PS. The summed E-state index contributed by atoms with van der Waals surface area (Å²) in [5.41, 5.74) is 5.20. The van der Waals surface area contributed by atoms with Gasteiger partial charge in [0.1, 0.15) is 12.4 Å². The first-order valence-corrected chi connectivity index (χ1v) is 11.9. The first-order chi connectivity index (χ1) is 15.1. The molecule has 0 aliphatic heterocycles. The van der Waals surface area contributed by atoms with E-state index in [0.29, 0.717) is 35.8 Å². The molecule has 0 aliphatic carbocycles. The lowest BCUT2D eigenvalue weighted by atomic mass is 9.98. The quantitative estimate of drug-likeness (QED) is 0.325. The molecule has 2 aromatic rings. The Morgan fingerprint density at radius 2 is 1.78 bits per heavy atom. The third-order valence-corrected chi connectivity index (χ3v) is 5.85. The summed E-state index contributed by atoms with van der Waals surface area (Å²) >= 11 is 1.52. The molecule has 1 unspecified atom stereocenters. The summed E-state index contributed by atoms with van der Waals surface area (Å²) in [4.78, 5) is 19.6. The van der Waals surface area contributed by atoms with Gasteiger partial charge in [0.15, 0.2) is 11.5 Å². The molecule has 0 aliphatic rings. The lowest BCUT2D eigenvalue weighted by molar-refractivity contribution is 0.154. The van der Waals surface area contributed by atoms with Gasteiger partial charge in [-0.05, 0) is 31.9 Å². The van der Waals surface area contributed by atoms with E-state index in [9.17, 15) is 4.57 Å². The summed E-state index contributed by atoms with van der Waals surface area (Å²) < 4.78 is 36.9. The fraction of sp³-hybridized carbons (Fsp3) is 0.429. The molecule has 1 aromatic carbocycles. The first kappa shape index (κ1) is 26.0. The minimum atomic E-state index is -4.53. The molecular weight excluding hydrogens is 457 g/mol. The first-order valence-electron chi connectivity index (χ1n) is 9.56. The highest BCUT2D eigenvalue weighted by Gasteiger charge is 2.24. The lowest BCUT2D eigenvalue weighted by Gasteiger charge is -2.24. The minimum absolute atomic E-state index is 0.173. The van der Waals surface area contributed by atoms with Crippen molar-refractivity contribution in [3.8, 4) is 34.8 Å². The van der Waals surface area contributed by atoms with Crippen LogP contribution in [0.1, 0.15) is 23.1 Å². The normalized spacial score (nSPS) is 13.0. The Bertz CT molecular complexity index is 980. The van der Waals surface area contributed by atoms with Gasteiger partial charge in [-0.1, -0.05) is 11.8 Å². The SMILES string of the molecule is COc1cc(OCC#Cc2ccc(CCC(C)(N)COP(=O)(O)O)s2)cc(OC)c1OC. The Balaban J connectivity index is 1.90. The van der Waals surface area contributed by atoms with Crippen molar-refractivity contribution >= 4 is 19.2 Å². The monoisotopic (exact) mass is 485 g/mol. The van der Waals surface area contributed by atoms with Crippen LogP contribution < -0.4 is 24.7 Å². The Labute approximate surface area is 191 Å². The van der Waals surface area contributed by atoms with E-state index < -0.39 is 13.4 Å². The van der Waals surface area contributed by atoms with Crippen molar-refractivity contribution in [2.45, 2.75) is 25.3 Å². The van der Waals surface area contributed by atoms with E-state index in [1.807, 2.05) is 12.1 Å². The number of phosphoric acid groups is 1. The van der Waals surface area contributed by atoms with E-state index in [1.165, 1.54) is 32.7 Å². The number of thiophene rings is 1. The van der Waals surface area contributed by atoms with Crippen molar-refractivity contribution in [3.63, 3.8) is 0 Å². The van der Waals surface area contributed by atoms with Crippen LogP contribution in [-0.2, 0) is 15.5 Å². The number of ether oxygens (including phenoxy) is 4. The molecule has 176 valence electrons. The molecule has 2 rings (SSSR count). The number of phosphoric ester groups is 1. The number of rotatable bonds is 11. The van der Waals surface area contributed by atoms with E-state index in [0.717, 1.165) is 9.75 Å². The second-order valence-corrected chi connectivity index (χ2v) is 9.54. The van der Waals surface area contributed by atoms with Crippen LogP contribution in [0.4, 0.5) is 0 Å². The van der Waals surface area contributed by atoms with E-state index in [1.54, 1.807) is 19.1 Å². The number of hydrogen-bond acceptors (Lipinski definition) is 8. The van der Waals surface area contributed by atoms with Gasteiger partial charge in [-0.3, -0.25) is 4.52 Å². The number of nitrogens with two attached hydrogens (primary N) is 1. The number of benzene rings is 1. The summed E-state index contributed by atoms with van der Waals surface area (Å²) in [6.07, 6.45) is 1.15. The third kappa shape index (κ3) is 8.36. The molecule has 0 saturated carbocycles. The van der Waals surface area contributed by atoms with Gasteiger partial charge < -0.3 is 34.5 Å². The van der Waals surface area contributed by atoms with E-state index in [-0.39, 0.29) is 13.2 Å². The summed E-state index contributed by atoms with van der Waals surface area (Å²) in [5, 5.41) is 0. The minimum Gasteiger partial charge on any atom is -0.493 e. The van der Waals surface area contributed by atoms with Crippen molar-refractivity contribution in [1.29, 1.82) is 0 Å². The molecule has 0 saturated heterocycles. The highest BCUT2D eigenvalue weighted by molar-refractivity contribution is 7.46. The zero-order valence-corrected chi connectivity index (χ0v) is 20.1. The second-order valence-electron chi connectivity index (χ2n) is 7.14. The van der Waals surface area contributed by atoms with Gasteiger partial charge in [0.05, 0.1) is 32.8 Å². The second kappa shape index (κ2) is 11.6. The Kier molecular flexibility index (Phi) is 9.40. The molecule has 0 radical (unpaired) electrons. The van der Waals surface area contributed by atoms with Gasteiger partial charge in [-0.25, -0.2) is 4.57 Å². The van der Waals surface area contributed by atoms with Crippen LogP contribution in [0.3, 0.4) is 0 Å². The van der Waals surface area contributed by atoms with Crippen molar-refractivity contribution in [2.24, 2.45) is 5.73 Å². The maximum atomic E-state index is 10.8. The molecule has 4 N–H and O–H groups in total. The summed E-state index contributed by atoms with van der Waals surface area (Å²) in [7, 11) is 0.0702. The van der Waals surface area contributed by atoms with Gasteiger partial charge in [0.25, 0.3) is 0 Å². The highest BCUT2D eigenvalue weighted by Crippen LogP contribution is 2.40. The lowest BCUT2D eigenvalue weighted by Crippen LogP contribution is -2.41. The van der Waals surface area contributed by atoms with Crippen LogP contribution in [0.25, 0.3) is 0 Å². The number of methoxy groups -OCH3 is 3. The van der Waals surface area contributed by atoms with Crippen LogP contribution in [0.2, 0.25) is 0 Å². The Morgan fingerprint density at radius 3 is 2.34 bits per heavy atom. The van der Waals surface area contributed by atoms with Crippen LogP contribution in [-0.4, -0.2) is 49.9 Å². The standard InChI is InChI=1S/C21H28NO8PS/c1-21(22,14-30-31(23,24)25)10-9-17-8-7-16(32-17)6-5-11-29-15-12-18(26-2)20(28-4)19(13-15)27-3/h7-8,12-13H,9-11,14,22H2,1-4H3,(H2,23,24,25). The topological polar surface area (TPSA) is 130 Å². The van der Waals surface area contributed by atoms with Gasteiger partial charge >= 0.3 is 7.82 Å². The molecule has 1 heterocycles. The van der Waals surface area contributed by atoms with Gasteiger partial charge in [0.2, 0.25) is 5.75 Å². The van der Waals surface area contributed by atoms with Gasteiger partial charge in [-0.15, -0.1) is 11.3 Å². The summed E-state index contributed by atoms with van der Waals surface area (Å²) in [6, 6.07) is 7.26. The summed E-state index contributed by atoms with van der Waals surface area (Å²) in [5.74, 6) is 8.05. The van der Waals surface area contributed by atoms with E-state index in [2.05, 4.69) is 16.4 Å². The van der Waals surface area contributed by atoms with Gasteiger partial charge in [-0.2, -0.15) is 0 Å². The molecule has 0 spiro atoms. The molecule has 0 bridgehead atoms. The number of aryl methyl sites for hydroxylation is 1. The van der Waals surface area contributed by atoms with Crippen molar-refractivity contribution < 1.29 is 37.8 Å². The molecule has 32 heavy (non-hydrogen) atoms. The smallest absolute Gasteiger partial charge is 0.469 e. The van der Waals surface area contributed by atoms with E-state index in [4.69, 9.17) is 34.5 Å². The predicted octanol–water partition coefficient (Wildman–Crippen LogP) is 2.96. The molecule has 11 heteroatoms. The number of hydrogen-bond donors (Lipinski definition) is 3. The average molecular weight is 485 g/mol. The molecule has 0 fully saturated rings. The van der Waals surface area contributed by atoms with Crippen LogP contribution in [0, 0.1) is 11.8 Å². The average Bonchev–Trinajstić information content (AvgIpc) is 3.20. The predicted molar refractivity (Wildman–Crippen MR) is 122 cm³/mol. The van der Waals surface area contributed by atoms with Gasteiger partial charge in [0, 0.05) is 22.5 Å².